The monoisotopic (exact) mass is 310 g/mol. The molecule has 0 saturated heterocycles. The van der Waals surface area contributed by atoms with Crippen LogP contribution in [-0.4, -0.2) is 53.0 Å². The molecule has 1 aromatic rings. The molecule has 1 aliphatic carbocycles. The van der Waals surface area contributed by atoms with Crippen molar-refractivity contribution in [2.75, 3.05) is 20.1 Å². The molecule has 1 heterocycles. The highest BCUT2D eigenvalue weighted by atomic mass is 32.1. The van der Waals surface area contributed by atoms with Gasteiger partial charge in [0.25, 0.3) is 0 Å². The van der Waals surface area contributed by atoms with Crippen molar-refractivity contribution in [2.24, 2.45) is 0 Å². The third kappa shape index (κ3) is 4.82. The van der Waals surface area contributed by atoms with Crippen molar-refractivity contribution in [2.45, 2.75) is 38.3 Å². The lowest BCUT2D eigenvalue weighted by atomic mass is 10.2. The van der Waals surface area contributed by atoms with Gasteiger partial charge in [-0.25, -0.2) is 0 Å². The van der Waals surface area contributed by atoms with E-state index in [0.29, 0.717) is 6.54 Å². The summed E-state index contributed by atoms with van der Waals surface area (Å²) in [7, 11) is 1.77. The average molecular weight is 310 g/mol. The van der Waals surface area contributed by atoms with Gasteiger partial charge in [0.05, 0.1) is 19.6 Å². The highest BCUT2D eigenvalue weighted by Crippen LogP contribution is 2.23. The second kappa shape index (κ2) is 7.56. The predicted octanol–water partition coefficient (Wildman–Crippen LogP) is 2.04. The summed E-state index contributed by atoms with van der Waals surface area (Å²) in [6.45, 7) is 0.726. The summed E-state index contributed by atoms with van der Waals surface area (Å²) >= 11 is 1.62. The van der Waals surface area contributed by atoms with Gasteiger partial charge in [0.2, 0.25) is 5.91 Å². The molecule has 116 valence electrons. The van der Waals surface area contributed by atoms with E-state index in [2.05, 4.69) is 0 Å². The molecule has 0 atom stereocenters. The van der Waals surface area contributed by atoms with Crippen molar-refractivity contribution in [1.82, 2.24) is 9.80 Å². The van der Waals surface area contributed by atoms with Crippen LogP contribution in [0.25, 0.3) is 0 Å². The Hall–Kier alpha value is -1.40. The summed E-state index contributed by atoms with van der Waals surface area (Å²) in [6.07, 6.45) is 4.24. The van der Waals surface area contributed by atoms with Crippen molar-refractivity contribution < 1.29 is 14.7 Å². The first-order valence-corrected chi connectivity index (χ1v) is 8.16. The standard InChI is InChI=1S/C15H22N2O3S/c1-16(9-13-7-4-8-21-13)14(18)10-17(11-15(19)20)12-5-2-3-6-12/h4,7-8,12H,2-3,5-6,9-11H2,1H3,(H,19,20). The van der Waals surface area contributed by atoms with Crippen molar-refractivity contribution in [1.29, 1.82) is 0 Å². The average Bonchev–Trinajstić information content (AvgIpc) is 3.10. The minimum absolute atomic E-state index is 0.0171. The topological polar surface area (TPSA) is 60.9 Å². The second-order valence-corrected chi connectivity index (χ2v) is 6.60. The molecule has 0 bridgehead atoms. The minimum atomic E-state index is -0.865. The number of likely N-dealkylation sites (N-methyl/N-ethyl adjacent to an activating group) is 1. The zero-order chi connectivity index (χ0) is 15.2. The molecule has 1 N–H and O–H groups in total. The van der Waals surface area contributed by atoms with E-state index < -0.39 is 5.97 Å². The van der Waals surface area contributed by atoms with Gasteiger partial charge in [0.1, 0.15) is 0 Å². The number of carbonyl (C=O) groups excluding carboxylic acids is 1. The van der Waals surface area contributed by atoms with Crippen molar-refractivity contribution in [3.05, 3.63) is 22.4 Å². The van der Waals surface area contributed by atoms with Gasteiger partial charge in [0.15, 0.2) is 0 Å². The van der Waals surface area contributed by atoms with Gasteiger partial charge in [0, 0.05) is 18.0 Å². The van der Waals surface area contributed by atoms with Crippen LogP contribution in [0, 0.1) is 0 Å². The van der Waals surface area contributed by atoms with Gasteiger partial charge < -0.3 is 10.0 Å². The number of hydrogen-bond donors (Lipinski definition) is 1. The molecule has 5 nitrogen and oxygen atoms in total. The van der Waals surface area contributed by atoms with Crippen LogP contribution in [0.15, 0.2) is 17.5 Å². The highest BCUT2D eigenvalue weighted by Gasteiger charge is 2.27. The van der Waals surface area contributed by atoms with Crippen molar-refractivity contribution in [3.8, 4) is 0 Å². The molecule has 6 heteroatoms. The van der Waals surface area contributed by atoms with E-state index in [1.54, 1.807) is 23.3 Å². The molecule has 0 aliphatic heterocycles. The molecule has 21 heavy (non-hydrogen) atoms. The molecule has 0 spiro atoms. The minimum Gasteiger partial charge on any atom is -0.480 e. The van der Waals surface area contributed by atoms with Crippen molar-refractivity contribution >= 4 is 23.2 Å². The van der Waals surface area contributed by atoms with E-state index in [4.69, 9.17) is 5.11 Å². The summed E-state index contributed by atoms with van der Waals surface area (Å²) in [6, 6.07) is 4.20. The summed E-state index contributed by atoms with van der Waals surface area (Å²) in [5.74, 6) is -0.882. The van der Waals surface area contributed by atoms with E-state index >= 15 is 0 Å². The van der Waals surface area contributed by atoms with Crippen LogP contribution >= 0.6 is 11.3 Å². The van der Waals surface area contributed by atoms with Crippen LogP contribution in [-0.2, 0) is 16.1 Å². The number of thiophene rings is 1. The maximum Gasteiger partial charge on any atom is 0.317 e. The molecule has 1 fully saturated rings. The van der Waals surface area contributed by atoms with Gasteiger partial charge in [-0.2, -0.15) is 0 Å². The normalized spacial score (nSPS) is 15.5. The van der Waals surface area contributed by atoms with Crippen LogP contribution in [0.2, 0.25) is 0 Å². The summed E-state index contributed by atoms with van der Waals surface area (Å²) in [4.78, 5) is 28.0. The Bertz CT molecular complexity index is 469. The fourth-order valence-corrected chi connectivity index (χ4v) is 3.53. The lowest BCUT2D eigenvalue weighted by Crippen LogP contribution is -2.44. The highest BCUT2D eigenvalue weighted by molar-refractivity contribution is 7.09. The second-order valence-electron chi connectivity index (χ2n) is 5.57. The maximum absolute atomic E-state index is 12.3. The number of carboxylic acids is 1. The first-order chi connectivity index (χ1) is 10.1. The lowest BCUT2D eigenvalue weighted by molar-refractivity contribution is -0.140. The van der Waals surface area contributed by atoms with Crippen LogP contribution in [0.3, 0.4) is 0 Å². The third-order valence-corrected chi connectivity index (χ3v) is 4.78. The largest absolute Gasteiger partial charge is 0.480 e. The van der Waals surface area contributed by atoms with E-state index in [1.165, 1.54) is 0 Å². The van der Waals surface area contributed by atoms with Gasteiger partial charge in [-0.1, -0.05) is 18.9 Å². The Labute approximate surface area is 129 Å². The van der Waals surface area contributed by atoms with Crippen molar-refractivity contribution in [3.63, 3.8) is 0 Å². The number of rotatable bonds is 7. The molecule has 2 rings (SSSR count). The van der Waals surface area contributed by atoms with Crippen LogP contribution in [0.1, 0.15) is 30.6 Å². The molecular weight excluding hydrogens is 288 g/mol. The molecule has 0 radical (unpaired) electrons. The van der Waals surface area contributed by atoms with E-state index in [1.807, 2.05) is 22.4 Å². The molecule has 1 saturated carbocycles. The van der Waals surface area contributed by atoms with E-state index in [-0.39, 0.29) is 25.0 Å². The Morgan fingerprint density at radius 3 is 2.62 bits per heavy atom. The van der Waals surface area contributed by atoms with Gasteiger partial charge >= 0.3 is 5.97 Å². The van der Waals surface area contributed by atoms with E-state index in [0.717, 1.165) is 30.6 Å². The SMILES string of the molecule is CN(Cc1cccs1)C(=O)CN(CC(=O)O)C1CCCC1. The summed E-state index contributed by atoms with van der Waals surface area (Å²) in [5, 5.41) is 11.0. The first-order valence-electron chi connectivity index (χ1n) is 7.28. The molecule has 0 unspecified atom stereocenters. The zero-order valence-electron chi connectivity index (χ0n) is 12.3. The molecule has 1 aliphatic rings. The maximum atomic E-state index is 12.3. The van der Waals surface area contributed by atoms with Crippen LogP contribution in [0.5, 0.6) is 0 Å². The first kappa shape index (κ1) is 16.0. The number of carboxylic acid groups (broad SMARTS) is 1. The fourth-order valence-electron chi connectivity index (χ4n) is 2.78. The molecular formula is C15H22N2O3S. The van der Waals surface area contributed by atoms with E-state index in [9.17, 15) is 9.59 Å². The zero-order valence-corrected chi connectivity index (χ0v) is 13.1. The Balaban J connectivity index is 1.91. The molecule has 1 aromatic heterocycles. The van der Waals surface area contributed by atoms with Crippen LogP contribution in [0.4, 0.5) is 0 Å². The Morgan fingerprint density at radius 1 is 1.33 bits per heavy atom. The summed E-state index contributed by atoms with van der Waals surface area (Å²) < 4.78 is 0. The number of amides is 1. The fraction of sp³-hybridized carbons (Fsp3) is 0.600. The number of aliphatic carboxylic acids is 1. The predicted molar refractivity (Wildman–Crippen MR) is 82.3 cm³/mol. The van der Waals surface area contributed by atoms with Gasteiger partial charge in [-0.05, 0) is 24.3 Å². The quantitative estimate of drug-likeness (QED) is 0.837. The third-order valence-electron chi connectivity index (χ3n) is 3.92. The van der Waals surface area contributed by atoms with Crippen LogP contribution < -0.4 is 0 Å². The summed E-state index contributed by atoms with van der Waals surface area (Å²) in [5.41, 5.74) is 0. The molecule has 0 aromatic carbocycles. The Morgan fingerprint density at radius 2 is 2.05 bits per heavy atom. The molecule has 1 amide bonds. The number of carbonyl (C=O) groups is 2. The van der Waals surface area contributed by atoms with Gasteiger partial charge in [-0.15, -0.1) is 11.3 Å². The smallest absolute Gasteiger partial charge is 0.317 e. The number of hydrogen-bond acceptors (Lipinski definition) is 4. The number of nitrogens with zero attached hydrogens (tertiary/aromatic N) is 2. The van der Waals surface area contributed by atoms with Gasteiger partial charge in [-0.3, -0.25) is 14.5 Å². The Kier molecular flexibility index (Phi) is 5.76. The lowest BCUT2D eigenvalue weighted by Gasteiger charge is -2.28.